The summed E-state index contributed by atoms with van der Waals surface area (Å²) in [5.41, 5.74) is 4.42. The Morgan fingerprint density at radius 1 is 0.590 bits per heavy atom. The highest BCUT2D eigenvalue weighted by molar-refractivity contribution is 5.77. The van der Waals surface area contributed by atoms with Gasteiger partial charge in [0.05, 0.1) is 13.7 Å². The van der Waals surface area contributed by atoms with E-state index in [1.165, 1.54) is 0 Å². The van der Waals surface area contributed by atoms with Crippen LogP contribution in [0.15, 0.2) is 127 Å². The average Bonchev–Trinajstić information content (AvgIpc) is 3.01. The first-order valence-corrected chi connectivity index (χ1v) is 13.5. The Balaban J connectivity index is 1.81. The van der Waals surface area contributed by atoms with Crippen LogP contribution in [0.3, 0.4) is 0 Å². The summed E-state index contributed by atoms with van der Waals surface area (Å²) in [7, 11) is 1.66. The lowest BCUT2D eigenvalue weighted by Gasteiger charge is -2.34. The molecule has 0 heterocycles. The second kappa shape index (κ2) is 12.0. The predicted molar refractivity (Wildman–Crippen MR) is 159 cm³/mol. The van der Waals surface area contributed by atoms with Crippen molar-refractivity contribution in [3.63, 3.8) is 0 Å². The molecule has 5 rings (SSSR count). The van der Waals surface area contributed by atoms with Crippen molar-refractivity contribution in [3.8, 4) is 33.8 Å². The van der Waals surface area contributed by atoms with E-state index in [1.807, 2.05) is 97.1 Å². The van der Waals surface area contributed by atoms with Crippen LogP contribution in [0.4, 0.5) is 0 Å². The summed E-state index contributed by atoms with van der Waals surface area (Å²) in [6.07, 6.45) is 1.93. The lowest BCUT2D eigenvalue weighted by molar-refractivity contribution is 0.117. The molecule has 0 aliphatic heterocycles. The highest BCUT2D eigenvalue weighted by Crippen LogP contribution is 2.49. The maximum Gasteiger partial charge on any atom is 0.147 e. The van der Waals surface area contributed by atoms with Crippen molar-refractivity contribution >= 4 is 0 Å². The lowest BCUT2D eigenvalue weighted by Crippen LogP contribution is -2.30. The summed E-state index contributed by atoms with van der Waals surface area (Å²) in [5, 5.41) is 13.1. The topological polar surface area (TPSA) is 38.7 Å². The van der Waals surface area contributed by atoms with Crippen LogP contribution >= 0.6 is 0 Å². The molecule has 1 atom stereocenters. The van der Waals surface area contributed by atoms with Gasteiger partial charge in [-0.25, -0.2) is 0 Å². The van der Waals surface area contributed by atoms with Gasteiger partial charge in [0.2, 0.25) is 0 Å². The second-order valence-electron chi connectivity index (χ2n) is 9.58. The van der Waals surface area contributed by atoms with E-state index < -0.39 is 5.60 Å². The molecular formula is C36H34O3. The Bertz CT molecular complexity index is 1500. The number of methoxy groups -OCH3 is 1. The highest BCUT2D eigenvalue weighted by Gasteiger charge is 2.40. The molecule has 0 bridgehead atoms. The summed E-state index contributed by atoms with van der Waals surface area (Å²) in [5.74, 6) is 1.30. The average molecular weight is 515 g/mol. The van der Waals surface area contributed by atoms with E-state index in [-0.39, 0.29) is 0 Å². The molecule has 39 heavy (non-hydrogen) atoms. The van der Waals surface area contributed by atoms with Crippen LogP contribution in [0.1, 0.15) is 36.5 Å². The molecule has 0 aliphatic carbocycles. The lowest BCUT2D eigenvalue weighted by atomic mass is 9.77. The molecule has 0 amide bonds. The number of unbranched alkanes of at least 4 members (excludes halogenated alkanes) is 1. The van der Waals surface area contributed by atoms with Crippen LogP contribution in [-0.4, -0.2) is 18.8 Å². The van der Waals surface area contributed by atoms with Gasteiger partial charge in [-0.2, -0.15) is 0 Å². The van der Waals surface area contributed by atoms with E-state index >= 15 is 0 Å². The van der Waals surface area contributed by atoms with E-state index in [1.54, 1.807) is 7.11 Å². The van der Waals surface area contributed by atoms with E-state index in [9.17, 15) is 5.11 Å². The molecular weight excluding hydrogens is 480 g/mol. The Morgan fingerprint density at radius 2 is 1.08 bits per heavy atom. The van der Waals surface area contributed by atoms with Crippen molar-refractivity contribution in [1.82, 2.24) is 0 Å². The fourth-order valence-corrected chi connectivity index (χ4v) is 5.16. The standard InChI is InChI=1S/C36H34O3/c1-3-4-26-39-35-31(28-18-10-6-11-19-28)23-15-25-33(35)36(37,29-20-12-7-13-21-29)32-24-14-22-30(34(32)38-2)27-16-8-5-9-17-27/h5-25,37H,3-4,26H2,1-2H3. The SMILES string of the molecule is CCCCOc1c(-c2ccccc2)cccc1C(O)(c1ccccc1)c1cccc(-c2ccccc2)c1OC. The first-order chi connectivity index (χ1) is 19.2. The van der Waals surface area contributed by atoms with Gasteiger partial charge in [-0.05, 0) is 23.1 Å². The Hall–Kier alpha value is -4.34. The van der Waals surface area contributed by atoms with Crippen molar-refractivity contribution in [3.05, 3.63) is 144 Å². The molecule has 0 spiro atoms. The van der Waals surface area contributed by atoms with Crippen LogP contribution in [0, 0.1) is 0 Å². The van der Waals surface area contributed by atoms with Gasteiger partial charge in [0, 0.05) is 22.3 Å². The van der Waals surface area contributed by atoms with E-state index in [0.717, 1.165) is 40.7 Å². The summed E-state index contributed by atoms with van der Waals surface area (Å²) >= 11 is 0. The fraction of sp³-hybridized carbons (Fsp3) is 0.167. The van der Waals surface area contributed by atoms with E-state index in [2.05, 4.69) is 37.3 Å². The second-order valence-corrected chi connectivity index (χ2v) is 9.58. The number of hydrogen-bond acceptors (Lipinski definition) is 3. The molecule has 0 aromatic heterocycles. The third kappa shape index (κ3) is 5.19. The molecule has 3 heteroatoms. The first kappa shape index (κ1) is 26.3. The van der Waals surface area contributed by atoms with Gasteiger partial charge in [-0.3, -0.25) is 0 Å². The minimum absolute atomic E-state index is 0.555. The van der Waals surface area contributed by atoms with Gasteiger partial charge in [0.25, 0.3) is 0 Å². The van der Waals surface area contributed by atoms with Crippen LogP contribution < -0.4 is 9.47 Å². The number of benzene rings is 5. The van der Waals surface area contributed by atoms with Crippen LogP contribution in [-0.2, 0) is 5.60 Å². The molecule has 0 fully saturated rings. The maximum absolute atomic E-state index is 13.1. The molecule has 0 saturated heterocycles. The smallest absolute Gasteiger partial charge is 0.147 e. The largest absolute Gasteiger partial charge is 0.496 e. The van der Waals surface area contributed by atoms with Crippen LogP contribution in [0.25, 0.3) is 22.3 Å². The molecule has 196 valence electrons. The van der Waals surface area contributed by atoms with E-state index in [0.29, 0.717) is 29.2 Å². The zero-order valence-corrected chi connectivity index (χ0v) is 22.5. The van der Waals surface area contributed by atoms with Crippen molar-refractivity contribution in [2.24, 2.45) is 0 Å². The summed E-state index contributed by atoms with van der Waals surface area (Å²) in [4.78, 5) is 0. The zero-order chi connectivity index (χ0) is 27.1. The molecule has 1 unspecified atom stereocenters. The van der Waals surface area contributed by atoms with Crippen molar-refractivity contribution < 1.29 is 14.6 Å². The zero-order valence-electron chi connectivity index (χ0n) is 22.5. The summed E-state index contributed by atoms with van der Waals surface area (Å²) in [6, 6.07) is 42.1. The molecule has 5 aromatic rings. The van der Waals surface area contributed by atoms with Crippen molar-refractivity contribution in [2.45, 2.75) is 25.4 Å². The number of rotatable bonds is 10. The molecule has 0 saturated carbocycles. The molecule has 0 radical (unpaired) electrons. The number of aliphatic hydroxyl groups is 1. The normalized spacial score (nSPS) is 12.5. The van der Waals surface area contributed by atoms with Crippen LogP contribution in [0.2, 0.25) is 0 Å². The Labute approximate surface area is 231 Å². The van der Waals surface area contributed by atoms with Gasteiger partial charge in [0.15, 0.2) is 0 Å². The number of hydrogen-bond donors (Lipinski definition) is 1. The first-order valence-electron chi connectivity index (χ1n) is 13.5. The van der Waals surface area contributed by atoms with Gasteiger partial charge >= 0.3 is 0 Å². The maximum atomic E-state index is 13.1. The predicted octanol–water partition coefficient (Wildman–Crippen LogP) is 8.49. The molecule has 3 nitrogen and oxygen atoms in total. The fourth-order valence-electron chi connectivity index (χ4n) is 5.16. The third-order valence-electron chi connectivity index (χ3n) is 7.12. The third-order valence-corrected chi connectivity index (χ3v) is 7.12. The number of para-hydroxylation sites is 2. The molecule has 0 aliphatic rings. The van der Waals surface area contributed by atoms with Crippen molar-refractivity contribution in [2.75, 3.05) is 13.7 Å². The van der Waals surface area contributed by atoms with E-state index in [4.69, 9.17) is 9.47 Å². The minimum atomic E-state index is -1.55. The van der Waals surface area contributed by atoms with Gasteiger partial charge < -0.3 is 14.6 Å². The van der Waals surface area contributed by atoms with Gasteiger partial charge in [0.1, 0.15) is 17.1 Å². The van der Waals surface area contributed by atoms with Crippen molar-refractivity contribution in [1.29, 1.82) is 0 Å². The molecule has 1 N–H and O–H groups in total. The van der Waals surface area contributed by atoms with Crippen LogP contribution in [0.5, 0.6) is 11.5 Å². The van der Waals surface area contributed by atoms with Gasteiger partial charge in [-0.15, -0.1) is 0 Å². The number of ether oxygens (including phenoxy) is 2. The monoisotopic (exact) mass is 514 g/mol. The Kier molecular flexibility index (Phi) is 8.10. The minimum Gasteiger partial charge on any atom is -0.496 e. The quantitative estimate of drug-likeness (QED) is 0.150. The van der Waals surface area contributed by atoms with Gasteiger partial charge in [-0.1, -0.05) is 141 Å². The summed E-state index contributed by atoms with van der Waals surface area (Å²) in [6.45, 7) is 2.70. The molecule has 5 aromatic carbocycles. The Morgan fingerprint density at radius 3 is 1.59 bits per heavy atom. The highest BCUT2D eigenvalue weighted by atomic mass is 16.5. The summed E-state index contributed by atoms with van der Waals surface area (Å²) < 4.78 is 12.6.